The minimum Gasteiger partial charge on any atom is -0.493 e. The molecule has 0 bridgehead atoms. The summed E-state index contributed by atoms with van der Waals surface area (Å²) in [6, 6.07) is 7.35. The predicted molar refractivity (Wildman–Crippen MR) is 93.6 cm³/mol. The number of nitrogens with zero attached hydrogens (tertiary/aromatic N) is 2. The van der Waals surface area contributed by atoms with Crippen LogP contribution < -0.4 is 15.4 Å². The molecule has 0 radical (unpaired) electrons. The van der Waals surface area contributed by atoms with Crippen LogP contribution in [-0.2, 0) is 18.4 Å². The molecule has 1 unspecified atom stereocenters. The summed E-state index contributed by atoms with van der Waals surface area (Å²) in [6.45, 7) is 5.29. The monoisotopic (exact) mass is 330 g/mol. The van der Waals surface area contributed by atoms with Gasteiger partial charge in [0.05, 0.1) is 12.8 Å². The van der Waals surface area contributed by atoms with Gasteiger partial charge < -0.3 is 15.4 Å². The van der Waals surface area contributed by atoms with Gasteiger partial charge in [-0.05, 0) is 19.0 Å². The Morgan fingerprint density at radius 1 is 1.33 bits per heavy atom. The molecule has 0 saturated heterocycles. The summed E-state index contributed by atoms with van der Waals surface area (Å²) >= 11 is 0. The molecular weight excluding hydrogens is 304 g/mol. The van der Waals surface area contributed by atoms with Crippen molar-refractivity contribution in [1.29, 1.82) is 0 Å². The van der Waals surface area contributed by atoms with Crippen LogP contribution in [0.3, 0.4) is 0 Å². The first-order valence-electron chi connectivity index (χ1n) is 8.15. The molecule has 0 spiro atoms. The first kappa shape index (κ1) is 18.0. The summed E-state index contributed by atoms with van der Waals surface area (Å²) in [7, 11) is 3.59. The molecule has 1 heterocycles. The maximum atomic E-state index is 12.5. The van der Waals surface area contributed by atoms with Crippen LogP contribution in [0.1, 0.15) is 31.0 Å². The Bertz CT molecular complexity index is 667. The molecule has 0 saturated carbocycles. The largest absolute Gasteiger partial charge is 0.493 e. The second-order valence-electron chi connectivity index (χ2n) is 6.20. The normalized spacial score (nSPS) is 12.2. The molecule has 24 heavy (non-hydrogen) atoms. The van der Waals surface area contributed by atoms with Crippen molar-refractivity contribution in [1.82, 2.24) is 20.4 Å². The first-order valence-corrected chi connectivity index (χ1v) is 8.15. The number of amides is 1. The number of ether oxygens (including phenoxy) is 1. The number of benzene rings is 1. The SMILES string of the molecule is CNC(C(=O)NCc1ccccc1OCC(C)C)c1cnn(C)c1. The molecule has 1 amide bonds. The quantitative estimate of drug-likeness (QED) is 0.777. The molecule has 2 aromatic rings. The van der Waals surface area contributed by atoms with Crippen molar-refractivity contribution >= 4 is 5.91 Å². The van der Waals surface area contributed by atoms with Gasteiger partial charge in [0.15, 0.2) is 0 Å². The van der Waals surface area contributed by atoms with Crippen LogP contribution in [0, 0.1) is 5.92 Å². The number of para-hydroxylation sites is 1. The molecule has 0 fully saturated rings. The summed E-state index contributed by atoms with van der Waals surface area (Å²) in [5.41, 5.74) is 1.80. The molecule has 6 nitrogen and oxygen atoms in total. The second kappa shape index (κ2) is 8.49. The maximum Gasteiger partial charge on any atom is 0.242 e. The number of likely N-dealkylation sites (N-methyl/N-ethyl adjacent to an activating group) is 1. The summed E-state index contributed by atoms with van der Waals surface area (Å²) in [6.07, 6.45) is 3.53. The van der Waals surface area contributed by atoms with Crippen molar-refractivity contribution in [3.63, 3.8) is 0 Å². The van der Waals surface area contributed by atoms with Crippen LogP contribution in [0.25, 0.3) is 0 Å². The van der Waals surface area contributed by atoms with Gasteiger partial charge in [0.2, 0.25) is 5.91 Å². The molecule has 0 aliphatic carbocycles. The minimum atomic E-state index is -0.428. The van der Waals surface area contributed by atoms with Crippen molar-refractivity contribution in [2.45, 2.75) is 26.4 Å². The molecule has 1 aromatic carbocycles. The van der Waals surface area contributed by atoms with Gasteiger partial charge in [0.25, 0.3) is 0 Å². The van der Waals surface area contributed by atoms with Crippen LogP contribution >= 0.6 is 0 Å². The summed E-state index contributed by atoms with van der Waals surface area (Å²) in [5, 5.41) is 10.1. The molecular formula is C18H26N4O2. The molecule has 2 N–H and O–H groups in total. The van der Waals surface area contributed by atoms with Gasteiger partial charge in [-0.15, -0.1) is 0 Å². The van der Waals surface area contributed by atoms with E-state index in [1.807, 2.05) is 37.5 Å². The fourth-order valence-electron chi connectivity index (χ4n) is 2.37. The first-order chi connectivity index (χ1) is 11.5. The third kappa shape index (κ3) is 4.83. The number of carbonyl (C=O) groups excluding carboxylic acids is 1. The van der Waals surface area contributed by atoms with Gasteiger partial charge in [-0.3, -0.25) is 9.48 Å². The van der Waals surface area contributed by atoms with Gasteiger partial charge >= 0.3 is 0 Å². The average Bonchev–Trinajstić information content (AvgIpc) is 2.98. The van der Waals surface area contributed by atoms with Crippen LogP contribution in [0.5, 0.6) is 5.75 Å². The van der Waals surface area contributed by atoms with Crippen LogP contribution in [-0.4, -0.2) is 29.3 Å². The fourth-order valence-corrected chi connectivity index (χ4v) is 2.37. The van der Waals surface area contributed by atoms with Gasteiger partial charge in [0.1, 0.15) is 11.8 Å². The van der Waals surface area contributed by atoms with Crippen molar-refractivity contribution in [3.8, 4) is 5.75 Å². The molecule has 6 heteroatoms. The highest BCUT2D eigenvalue weighted by atomic mass is 16.5. The van der Waals surface area contributed by atoms with Gasteiger partial charge in [0, 0.05) is 30.9 Å². The molecule has 130 valence electrons. The van der Waals surface area contributed by atoms with E-state index in [0.717, 1.165) is 16.9 Å². The molecule has 2 rings (SSSR count). The Morgan fingerprint density at radius 3 is 2.71 bits per heavy atom. The van der Waals surface area contributed by atoms with E-state index in [1.54, 1.807) is 17.9 Å². The van der Waals surface area contributed by atoms with E-state index in [1.165, 1.54) is 0 Å². The maximum absolute atomic E-state index is 12.5. The van der Waals surface area contributed by atoms with Crippen LogP contribution in [0.2, 0.25) is 0 Å². The average molecular weight is 330 g/mol. The van der Waals surface area contributed by atoms with E-state index in [-0.39, 0.29) is 5.91 Å². The van der Waals surface area contributed by atoms with Crippen molar-refractivity contribution in [2.24, 2.45) is 13.0 Å². The lowest BCUT2D eigenvalue weighted by atomic mass is 10.1. The molecule has 0 aliphatic heterocycles. The van der Waals surface area contributed by atoms with E-state index in [9.17, 15) is 4.79 Å². The summed E-state index contributed by atoms with van der Waals surface area (Å²) < 4.78 is 7.51. The highest BCUT2D eigenvalue weighted by Crippen LogP contribution is 2.19. The van der Waals surface area contributed by atoms with Gasteiger partial charge in [-0.2, -0.15) is 5.10 Å². The third-order valence-electron chi connectivity index (χ3n) is 3.61. The van der Waals surface area contributed by atoms with Gasteiger partial charge in [-0.25, -0.2) is 0 Å². The second-order valence-corrected chi connectivity index (χ2v) is 6.20. The molecule has 1 aromatic heterocycles. The highest BCUT2D eigenvalue weighted by Gasteiger charge is 2.20. The van der Waals surface area contributed by atoms with Crippen molar-refractivity contribution < 1.29 is 9.53 Å². The van der Waals surface area contributed by atoms with Crippen molar-refractivity contribution in [2.75, 3.05) is 13.7 Å². The molecule has 0 aliphatic rings. The Morgan fingerprint density at radius 2 is 2.08 bits per heavy atom. The standard InChI is InChI=1S/C18H26N4O2/c1-13(2)12-24-16-8-6-5-7-14(16)9-20-18(23)17(19-3)15-10-21-22(4)11-15/h5-8,10-11,13,17,19H,9,12H2,1-4H3,(H,20,23). The Labute approximate surface area is 143 Å². The lowest BCUT2D eigenvalue weighted by Gasteiger charge is -2.16. The van der Waals surface area contributed by atoms with E-state index in [4.69, 9.17) is 4.74 Å². The lowest BCUT2D eigenvalue weighted by Crippen LogP contribution is -2.35. The van der Waals surface area contributed by atoms with E-state index >= 15 is 0 Å². The summed E-state index contributed by atoms with van der Waals surface area (Å²) in [4.78, 5) is 12.5. The Balaban J connectivity index is 2.00. The number of rotatable bonds is 8. The number of hydrogen-bond acceptors (Lipinski definition) is 4. The van der Waals surface area contributed by atoms with Gasteiger partial charge in [-0.1, -0.05) is 32.0 Å². The highest BCUT2D eigenvalue weighted by molar-refractivity contribution is 5.83. The fraction of sp³-hybridized carbons (Fsp3) is 0.444. The van der Waals surface area contributed by atoms with E-state index in [2.05, 4.69) is 29.6 Å². The zero-order valence-electron chi connectivity index (χ0n) is 14.7. The van der Waals surface area contributed by atoms with E-state index < -0.39 is 6.04 Å². The smallest absolute Gasteiger partial charge is 0.242 e. The number of nitrogens with one attached hydrogen (secondary N) is 2. The Kier molecular flexibility index (Phi) is 6.37. The third-order valence-corrected chi connectivity index (χ3v) is 3.61. The number of aromatic nitrogens is 2. The van der Waals surface area contributed by atoms with Crippen LogP contribution in [0.15, 0.2) is 36.7 Å². The topological polar surface area (TPSA) is 68.2 Å². The zero-order chi connectivity index (χ0) is 17.5. The van der Waals surface area contributed by atoms with Crippen LogP contribution in [0.4, 0.5) is 0 Å². The van der Waals surface area contributed by atoms with E-state index in [0.29, 0.717) is 19.1 Å². The Hall–Kier alpha value is -2.34. The number of aryl methyl sites for hydroxylation is 1. The zero-order valence-corrected chi connectivity index (χ0v) is 14.7. The minimum absolute atomic E-state index is 0.0934. The molecule has 1 atom stereocenters. The van der Waals surface area contributed by atoms with Crippen molar-refractivity contribution in [3.05, 3.63) is 47.8 Å². The lowest BCUT2D eigenvalue weighted by molar-refractivity contribution is -0.123. The summed E-state index contributed by atoms with van der Waals surface area (Å²) in [5.74, 6) is 1.17. The predicted octanol–water partition coefficient (Wildman–Crippen LogP) is 2.03. The number of hydrogen-bond donors (Lipinski definition) is 2. The number of carbonyl (C=O) groups is 1.